The van der Waals surface area contributed by atoms with Gasteiger partial charge in [0.05, 0.1) is 6.54 Å². The zero-order valence-corrected chi connectivity index (χ0v) is 12.4. The average molecular weight is 262 g/mol. The van der Waals surface area contributed by atoms with Crippen LogP contribution >= 0.6 is 0 Å². The number of hydrogen-bond donors (Lipinski definition) is 1. The molecule has 0 radical (unpaired) electrons. The van der Waals surface area contributed by atoms with Crippen LogP contribution in [0.2, 0.25) is 0 Å². The summed E-state index contributed by atoms with van der Waals surface area (Å²) < 4.78 is 0. The first-order valence-electron chi connectivity index (χ1n) is 7.52. The van der Waals surface area contributed by atoms with Crippen molar-refractivity contribution in [3.05, 3.63) is 17.6 Å². The van der Waals surface area contributed by atoms with Gasteiger partial charge in [-0.1, -0.05) is 13.3 Å². The molecule has 0 unspecified atom stereocenters. The summed E-state index contributed by atoms with van der Waals surface area (Å²) in [5.74, 6) is 2.83. The molecule has 2 heterocycles. The lowest BCUT2D eigenvalue weighted by Gasteiger charge is -2.30. The van der Waals surface area contributed by atoms with Crippen molar-refractivity contribution in [1.29, 1.82) is 0 Å². The highest BCUT2D eigenvalue weighted by atomic mass is 15.2. The Morgan fingerprint density at radius 2 is 2.00 bits per heavy atom. The van der Waals surface area contributed by atoms with Crippen LogP contribution in [0.5, 0.6) is 0 Å². The first-order valence-corrected chi connectivity index (χ1v) is 7.52. The highest BCUT2D eigenvalue weighted by molar-refractivity contribution is 5.35. The Balaban J connectivity index is 1.95. The molecule has 0 spiro atoms. The lowest BCUT2D eigenvalue weighted by Crippen LogP contribution is -2.33. The lowest BCUT2D eigenvalue weighted by molar-refractivity contribution is 0.171. The molecule has 4 nitrogen and oxygen atoms in total. The van der Waals surface area contributed by atoms with Gasteiger partial charge in [-0.25, -0.2) is 9.97 Å². The Labute approximate surface area is 116 Å². The third-order valence-corrected chi connectivity index (χ3v) is 3.91. The number of likely N-dealkylation sites (tertiary alicyclic amines) is 1. The fourth-order valence-electron chi connectivity index (χ4n) is 2.73. The van der Waals surface area contributed by atoms with E-state index in [2.05, 4.69) is 34.0 Å². The molecule has 1 saturated heterocycles. The zero-order chi connectivity index (χ0) is 13.7. The summed E-state index contributed by atoms with van der Waals surface area (Å²) in [5.41, 5.74) is 1.05. The van der Waals surface area contributed by atoms with Gasteiger partial charge in [0.25, 0.3) is 0 Å². The molecule has 0 atom stereocenters. The number of nitrogens with zero attached hydrogens (tertiary/aromatic N) is 3. The topological polar surface area (TPSA) is 41.1 Å². The second kappa shape index (κ2) is 6.85. The van der Waals surface area contributed by atoms with Gasteiger partial charge in [0.15, 0.2) is 0 Å². The first kappa shape index (κ1) is 14.3. The van der Waals surface area contributed by atoms with Crippen LogP contribution in [-0.4, -0.2) is 34.5 Å². The van der Waals surface area contributed by atoms with Crippen LogP contribution in [0.1, 0.15) is 44.6 Å². The summed E-state index contributed by atoms with van der Waals surface area (Å²) in [6.07, 6.45) is 3.96. The molecule has 0 bridgehead atoms. The molecule has 1 aromatic heterocycles. The molecule has 1 aliphatic heterocycles. The maximum Gasteiger partial charge on any atom is 0.144 e. The van der Waals surface area contributed by atoms with Crippen LogP contribution in [0.25, 0.3) is 0 Å². The molecular formula is C15H26N4. The van der Waals surface area contributed by atoms with E-state index in [9.17, 15) is 0 Å². The SMILES string of the molecule is CCNc1cc(C)nc(CN2CCC(CC)CC2)n1. The highest BCUT2D eigenvalue weighted by Crippen LogP contribution is 2.21. The van der Waals surface area contributed by atoms with Gasteiger partial charge in [-0.3, -0.25) is 4.90 Å². The fourth-order valence-corrected chi connectivity index (χ4v) is 2.73. The van der Waals surface area contributed by atoms with Crippen molar-refractivity contribution in [3.63, 3.8) is 0 Å². The molecule has 106 valence electrons. The van der Waals surface area contributed by atoms with Crippen LogP contribution in [0.15, 0.2) is 6.07 Å². The molecule has 1 aromatic rings. The van der Waals surface area contributed by atoms with Crippen molar-refractivity contribution < 1.29 is 0 Å². The first-order chi connectivity index (χ1) is 9.21. The zero-order valence-electron chi connectivity index (χ0n) is 12.4. The van der Waals surface area contributed by atoms with Crippen molar-refractivity contribution in [2.75, 3.05) is 25.0 Å². The van der Waals surface area contributed by atoms with Crippen molar-refractivity contribution in [3.8, 4) is 0 Å². The Morgan fingerprint density at radius 3 is 2.63 bits per heavy atom. The van der Waals surface area contributed by atoms with Crippen molar-refractivity contribution in [2.45, 2.75) is 46.6 Å². The number of piperidine rings is 1. The van der Waals surface area contributed by atoms with Crippen molar-refractivity contribution in [1.82, 2.24) is 14.9 Å². The summed E-state index contributed by atoms with van der Waals surface area (Å²) in [6, 6.07) is 2.01. The number of hydrogen-bond acceptors (Lipinski definition) is 4. The monoisotopic (exact) mass is 262 g/mol. The standard InChI is InChI=1S/C15H26N4/c1-4-13-6-8-19(9-7-13)11-15-17-12(3)10-14(18-15)16-5-2/h10,13H,4-9,11H2,1-3H3,(H,16,17,18). The number of rotatable bonds is 5. The number of aromatic nitrogens is 2. The minimum Gasteiger partial charge on any atom is -0.370 e. The van der Waals surface area contributed by atoms with Gasteiger partial charge in [-0.15, -0.1) is 0 Å². The van der Waals surface area contributed by atoms with Gasteiger partial charge in [-0.2, -0.15) is 0 Å². The molecule has 1 N–H and O–H groups in total. The second-order valence-electron chi connectivity index (χ2n) is 5.47. The molecule has 0 saturated carbocycles. The molecule has 1 aliphatic rings. The number of aryl methyl sites for hydroxylation is 1. The Hall–Kier alpha value is -1.16. The number of nitrogens with one attached hydrogen (secondary N) is 1. The Bertz CT molecular complexity index is 397. The van der Waals surface area contributed by atoms with Gasteiger partial charge in [-0.05, 0) is 45.7 Å². The van der Waals surface area contributed by atoms with Crippen molar-refractivity contribution >= 4 is 5.82 Å². The van der Waals surface area contributed by atoms with Crippen LogP contribution in [0, 0.1) is 12.8 Å². The summed E-state index contributed by atoms with van der Waals surface area (Å²) in [7, 11) is 0. The maximum absolute atomic E-state index is 4.59. The maximum atomic E-state index is 4.59. The summed E-state index contributed by atoms with van der Waals surface area (Å²) in [5, 5.41) is 3.27. The van der Waals surface area contributed by atoms with Crippen LogP contribution < -0.4 is 5.32 Å². The fraction of sp³-hybridized carbons (Fsp3) is 0.733. The van der Waals surface area contributed by atoms with E-state index in [4.69, 9.17) is 0 Å². The van der Waals surface area contributed by atoms with Crippen molar-refractivity contribution in [2.24, 2.45) is 5.92 Å². The van der Waals surface area contributed by atoms with Gasteiger partial charge in [0.2, 0.25) is 0 Å². The minimum atomic E-state index is 0.885. The van der Waals surface area contributed by atoms with E-state index in [0.717, 1.165) is 36.3 Å². The summed E-state index contributed by atoms with van der Waals surface area (Å²) >= 11 is 0. The minimum absolute atomic E-state index is 0.885. The predicted molar refractivity (Wildman–Crippen MR) is 79.2 cm³/mol. The van der Waals surface area contributed by atoms with Crippen LogP contribution in [0.4, 0.5) is 5.82 Å². The van der Waals surface area contributed by atoms with Gasteiger partial charge in [0, 0.05) is 18.3 Å². The van der Waals surface area contributed by atoms with E-state index >= 15 is 0 Å². The van der Waals surface area contributed by atoms with E-state index in [0.29, 0.717) is 0 Å². The number of anilines is 1. The lowest BCUT2D eigenvalue weighted by atomic mass is 9.94. The van der Waals surface area contributed by atoms with Gasteiger partial charge < -0.3 is 5.32 Å². The normalized spacial score (nSPS) is 17.6. The third kappa shape index (κ3) is 4.16. The quantitative estimate of drug-likeness (QED) is 0.886. The molecule has 0 amide bonds. The predicted octanol–water partition coefficient (Wildman–Crippen LogP) is 2.84. The molecule has 0 aromatic carbocycles. The van der Waals surface area contributed by atoms with E-state index in [1.807, 2.05) is 13.0 Å². The van der Waals surface area contributed by atoms with Crippen LogP contribution in [-0.2, 0) is 6.54 Å². The molecule has 1 fully saturated rings. The molecule has 4 heteroatoms. The van der Waals surface area contributed by atoms with E-state index < -0.39 is 0 Å². The molecule has 19 heavy (non-hydrogen) atoms. The van der Waals surface area contributed by atoms with Gasteiger partial charge >= 0.3 is 0 Å². The summed E-state index contributed by atoms with van der Waals surface area (Å²) in [6.45, 7) is 10.6. The van der Waals surface area contributed by atoms with Gasteiger partial charge in [0.1, 0.15) is 11.6 Å². The molecule has 0 aliphatic carbocycles. The summed E-state index contributed by atoms with van der Waals surface area (Å²) in [4.78, 5) is 11.6. The Kier molecular flexibility index (Phi) is 5.14. The highest BCUT2D eigenvalue weighted by Gasteiger charge is 2.18. The third-order valence-electron chi connectivity index (χ3n) is 3.91. The second-order valence-corrected chi connectivity index (χ2v) is 5.47. The van der Waals surface area contributed by atoms with E-state index in [1.54, 1.807) is 0 Å². The molecule has 2 rings (SSSR count). The van der Waals surface area contributed by atoms with Crippen LogP contribution in [0.3, 0.4) is 0 Å². The smallest absolute Gasteiger partial charge is 0.144 e. The molecular weight excluding hydrogens is 236 g/mol. The van der Waals surface area contributed by atoms with E-state index in [-0.39, 0.29) is 0 Å². The average Bonchev–Trinajstić information content (AvgIpc) is 2.39. The largest absolute Gasteiger partial charge is 0.370 e. The Morgan fingerprint density at radius 1 is 1.26 bits per heavy atom. The van der Waals surface area contributed by atoms with E-state index in [1.165, 1.54) is 32.4 Å².